The highest BCUT2D eigenvalue weighted by atomic mass is 16.5. The van der Waals surface area contributed by atoms with Crippen LogP contribution in [-0.4, -0.2) is 56.4 Å². The lowest BCUT2D eigenvalue weighted by Crippen LogP contribution is -2.35. The zero-order valence-corrected chi connectivity index (χ0v) is 16.6. The second-order valence-corrected chi connectivity index (χ2v) is 7.51. The monoisotopic (exact) mass is 396 g/mol. The van der Waals surface area contributed by atoms with Crippen LogP contribution in [0.2, 0.25) is 0 Å². The lowest BCUT2D eigenvalue weighted by atomic mass is 10.1. The van der Waals surface area contributed by atoms with E-state index >= 15 is 0 Å². The van der Waals surface area contributed by atoms with Crippen molar-refractivity contribution in [3.05, 3.63) is 59.7 Å². The lowest BCUT2D eigenvalue weighted by molar-refractivity contribution is 0.0342. The molecule has 2 heterocycles. The third-order valence-electron chi connectivity index (χ3n) is 5.30. The molecular formula is C23H28N2O4. The van der Waals surface area contributed by atoms with E-state index in [1.54, 1.807) is 12.1 Å². The predicted molar refractivity (Wildman–Crippen MR) is 111 cm³/mol. The Hall–Kier alpha value is -2.41. The van der Waals surface area contributed by atoms with Gasteiger partial charge in [-0.1, -0.05) is 12.1 Å². The molecule has 1 amide bonds. The smallest absolute Gasteiger partial charge is 0.255 e. The molecule has 0 aromatic heterocycles. The molecule has 4 rings (SSSR count). The van der Waals surface area contributed by atoms with E-state index in [0.717, 1.165) is 63.7 Å². The van der Waals surface area contributed by atoms with E-state index in [-0.39, 0.29) is 12.0 Å². The van der Waals surface area contributed by atoms with Gasteiger partial charge >= 0.3 is 0 Å². The highest BCUT2D eigenvalue weighted by molar-refractivity contribution is 6.04. The van der Waals surface area contributed by atoms with Gasteiger partial charge in [0.2, 0.25) is 0 Å². The molecule has 0 saturated carbocycles. The van der Waals surface area contributed by atoms with Crippen molar-refractivity contribution >= 4 is 11.6 Å². The average molecular weight is 396 g/mol. The number of hydrogen-bond acceptors (Lipinski definition) is 5. The van der Waals surface area contributed by atoms with Crippen LogP contribution in [0, 0.1) is 0 Å². The standard InChI is InChI=1S/C23H28N2O4/c26-23(19-5-9-21(10-6-19)29-17-22-2-1-13-28-22)24-20-7-3-18(4-8-20)16-25-11-14-27-15-12-25/h3-10,22H,1-2,11-17H2,(H,24,26)/t22-/m1/s1. The topological polar surface area (TPSA) is 60.0 Å². The molecule has 1 N–H and O–H groups in total. The summed E-state index contributed by atoms with van der Waals surface area (Å²) in [7, 11) is 0. The summed E-state index contributed by atoms with van der Waals surface area (Å²) in [5.41, 5.74) is 2.63. The predicted octanol–water partition coefficient (Wildman–Crippen LogP) is 3.33. The van der Waals surface area contributed by atoms with Crippen LogP contribution in [-0.2, 0) is 16.0 Å². The SMILES string of the molecule is O=C(Nc1ccc(CN2CCOCC2)cc1)c1ccc(OC[C@H]2CCCO2)cc1. The van der Waals surface area contributed by atoms with Crippen LogP contribution in [0.4, 0.5) is 5.69 Å². The number of nitrogens with one attached hydrogen (secondary N) is 1. The van der Waals surface area contributed by atoms with Gasteiger partial charge in [-0.25, -0.2) is 0 Å². The van der Waals surface area contributed by atoms with E-state index in [1.165, 1.54) is 5.56 Å². The molecule has 0 radical (unpaired) electrons. The van der Waals surface area contributed by atoms with Gasteiger partial charge in [0.1, 0.15) is 12.4 Å². The van der Waals surface area contributed by atoms with Crippen LogP contribution in [0.3, 0.4) is 0 Å². The number of benzene rings is 2. The maximum Gasteiger partial charge on any atom is 0.255 e. The summed E-state index contributed by atoms with van der Waals surface area (Å²) >= 11 is 0. The summed E-state index contributed by atoms with van der Waals surface area (Å²) in [4.78, 5) is 14.9. The molecule has 2 fully saturated rings. The molecular weight excluding hydrogens is 368 g/mol. The molecule has 2 aromatic rings. The third-order valence-corrected chi connectivity index (χ3v) is 5.30. The minimum Gasteiger partial charge on any atom is -0.491 e. The van der Waals surface area contributed by atoms with Gasteiger partial charge in [0, 0.05) is 37.5 Å². The second kappa shape index (κ2) is 9.87. The maximum atomic E-state index is 12.5. The largest absolute Gasteiger partial charge is 0.491 e. The van der Waals surface area contributed by atoms with Gasteiger partial charge in [-0.3, -0.25) is 9.69 Å². The highest BCUT2D eigenvalue weighted by Crippen LogP contribution is 2.18. The normalized spacial score (nSPS) is 19.8. The molecule has 0 aliphatic carbocycles. The van der Waals surface area contributed by atoms with Crippen LogP contribution >= 0.6 is 0 Å². The second-order valence-electron chi connectivity index (χ2n) is 7.51. The van der Waals surface area contributed by atoms with Gasteiger partial charge in [0.25, 0.3) is 5.91 Å². The Balaban J connectivity index is 1.26. The van der Waals surface area contributed by atoms with Crippen molar-refractivity contribution in [2.45, 2.75) is 25.5 Å². The van der Waals surface area contributed by atoms with E-state index < -0.39 is 0 Å². The van der Waals surface area contributed by atoms with Crippen molar-refractivity contribution < 1.29 is 19.0 Å². The molecule has 0 bridgehead atoms. The van der Waals surface area contributed by atoms with Crippen molar-refractivity contribution in [3.63, 3.8) is 0 Å². The van der Waals surface area contributed by atoms with E-state index in [2.05, 4.69) is 22.3 Å². The van der Waals surface area contributed by atoms with Gasteiger partial charge in [0.15, 0.2) is 0 Å². The summed E-state index contributed by atoms with van der Waals surface area (Å²) in [6.07, 6.45) is 2.33. The molecule has 0 spiro atoms. The molecule has 2 aliphatic heterocycles. The van der Waals surface area contributed by atoms with Gasteiger partial charge in [-0.2, -0.15) is 0 Å². The van der Waals surface area contributed by atoms with Crippen molar-refractivity contribution in [3.8, 4) is 5.75 Å². The van der Waals surface area contributed by atoms with Gasteiger partial charge in [-0.15, -0.1) is 0 Å². The number of ether oxygens (including phenoxy) is 3. The third kappa shape index (κ3) is 5.79. The van der Waals surface area contributed by atoms with E-state index in [9.17, 15) is 4.79 Å². The zero-order valence-electron chi connectivity index (χ0n) is 16.6. The quantitative estimate of drug-likeness (QED) is 0.778. The Morgan fingerprint density at radius 1 is 1.03 bits per heavy atom. The Kier molecular flexibility index (Phi) is 6.77. The molecule has 2 aliphatic rings. The van der Waals surface area contributed by atoms with Gasteiger partial charge in [0.05, 0.1) is 19.3 Å². The number of anilines is 1. The Morgan fingerprint density at radius 3 is 2.48 bits per heavy atom. The van der Waals surface area contributed by atoms with Gasteiger partial charge < -0.3 is 19.5 Å². The maximum absolute atomic E-state index is 12.5. The van der Waals surface area contributed by atoms with Crippen LogP contribution in [0.25, 0.3) is 0 Å². The number of morpholine rings is 1. The van der Waals surface area contributed by atoms with E-state index in [4.69, 9.17) is 14.2 Å². The minimum absolute atomic E-state index is 0.128. The number of amides is 1. The molecule has 29 heavy (non-hydrogen) atoms. The number of carbonyl (C=O) groups is 1. The molecule has 1 atom stereocenters. The highest BCUT2D eigenvalue weighted by Gasteiger charge is 2.16. The number of carbonyl (C=O) groups excluding carboxylic acids is 1. The first-order valence-electron chi connectivity index (χ1n) is 10.3. The van der Waals surface area contributed by atoms with E-state index in [0.29, 0.717) is 12.2 Å². The summed E-state index contributed by atoms with van der Waals surface area (Å²) < 4.78 is 16.7. The van der Waals surface area contributed by atoms with Crippen molar-refractivity contribution in [2.75, 3.05) is 44.8 Å². The Labute approximate surface area is 171 Å². The summed E-state index contributed by atoms with van der Waals surface area (Å²) in [5.74, 6) is 0.626. The number of nitrogens with zero attached hydrogens (tertiary/aromatic N) is 1. The number of hydrogen-bond donors (Lipinski definition) is 1. The molecule has 2 saturated heterocycles. The van der Waals surface area contributed by atoms with Crippen LogP contribution in [0.1, 0.15) is 28.8 Å². The molecule has 2 aromatic carbocycles. The fourth-order valence-electron chi connectivity index (χ4n) is 3.58. The summed E-state index contributed by atoms with van der Waals surface area (Å²) in [6, 6.07) is 15.3. The minimum atomic E-state index is -0.128. The van der Waals surface area contributed by atoms with Crippen molar-refractivity contribution in [2.24, 2.45) is 0 Å². The van der Waals surface area contributed by atoms with Crippen molar-refractivity contribution in [1.82, 2.24) is 4.90 Å². The van der Waals surface area contributed by atoms with Gasteiger partial charge in [-0.05, 0) is 54.8 Å². The molecule has 6 nitrogen and oxygen atoms in total. The Bertz CT molecular complexity index is 780. The van der Waals surface area contributed by atoms with Crippen LogP contribution in [0.5, 0.6) is 5.75 Å². The van der Waals surface area contributed by atoms with Crippen LogP contribution < -0.4 is 10.1 Å². The van der Waals surface area contributed by atoms with E-state index in [1.807, 2.05) is 24.3 Å². The fourth-order valence-corrected chi connectivity index (χ4v) is 3.58. The molecule has 0 unspecified atom stereocenters. The number of rotatable bonds is 7. The average Bonchev–Trinajstić information content (AvgIpc) is 3.28. The first-order chi connectivity index (χ1) is 14.3. The van der Waals surface area contributed by atoms with Crippen LogP contribution in [0.15, 0.2) is 48.5 Å². The molecule has 154 valence electrons. The van der Waals surface area contributed by atoms with Crippen molar-refractivity contribution in [1.29, 1.82) is 0 Å². The fraction of sp³-hybridized carbons (Fsp3) is 0.435. The first-order valence-corrected chi connectivity index (χ1v) is 10.3. The summed E-state index contributed by atoms with van der Waals surface area (Å²) in [5, 5.41) is 2.95. The lowest BCUT2D eigenvalue weighted by Gasteiger charge is -2.26. The zero-order chi connectivity index (χ0) is 19.9. The first kappa shape index (κ1) is 19.9. The summed E-state index contributed by atoms with van der Waals surface area (Å²) in [6.45, 7) is 5.81. The molecule has 6 heteroatoms. The Morgan fingerprint density at radius 2 is 1.79 bits per heavy atom.